The molecule has 0 saturated carbocycles. The molecule has 2 saturated heterocycles. The van der Waals surface area contributed by atoms with E-state index < -0.39 is 12.3 Å². The number of nitrogens with one attached hydrogen (secondary N) is 1. The number of halogens is 1. The maximum absolute atomic E-state index is 13.5. The van der Waals surface area contributed by atoms with E-state index in [1.165, 1.54) is 4.90 Å². The van der Waals surface area contributed by atoms with Crippen molar-refractivity contribution in [1.29, 1.82) is 0 Å². The molecule has 1 unspecified atom stereocenters. The predicted molar refractivity (Wildman–Crippen MR) is 48.5 cm³/mol. The van der Waals surface area contributed by atoms with Gasteiger partial charge in [0.1, 0.15) is 12.3 Å². The number of amides is 1. The zero-order chi connectivity index (χ0) is 10.1. The summed E-state index contributed by atoms with van der Waals surface area (Å²) in [5.74, 6) is -0.306. The number of likely N-dealkylation sites (tertiary alicyclic amines) is 1. The van der Waals surface area contributed by atoms with Crippen LogP contribution in [0.3, 0.4) is 0 Å². The molecule has 0 aliphatic carbocycles. The first-order valence-electron chi connectivity index (χ1n) is 5.03. The Morgan fingerprint density at radius 1 is 1.50 bits per heavy atom. The van der Waals surface area contributed by atoms with Gasteiger partial charge in [0.15, 0.2) is 0 Å². The van der Waals surface area contributed by atoms with Crippen molar-refractivity contribution in [3.8, 4) is 0 Å². The molecule has 0 aromatic heterocycles. The topological polar surface area (TPSA) is 52.6 Å². The van der Waals surface area contributed by atoms with Crippen LogP contribution in [0.2, 0.25) is 0 Å². The molecule has 2 aliphatic rings. The Morgan fingerprint density at radius 3 is 2.86 bits per heavy atom. The van der Waals surface area contributed by atoms with E-state index in [1.54, 1.807) is 0 Å². The Morgan fingerprint density at radius 2 is 2.29 bits per heavy atom. The molecular weight excluding hydrogens is 187 g/mol. The van der Waals surface area contributed by atoms with Crippen molar-refractivity contribution in [2.45, 2.75) is 31.2 Å². The van der Waals surface area contributed by atoms with Crippen LogP contribution in [0.4, 0.5) is 4.39 Å². The van der Waals surface area contributed by atoms with Crippen LogP contribution in [0.25, 0.3) is 0 Å². The summed E-state index contributed by atoms with van der Waals surface area (Å²) in [5.41, 5.74) is 0. The van der Waals surface area contributed by atoms with Crippen LogP contribution >= 0.6 is 0 Å². The van der Waals surface area contributed by atoms with Crippen LogP contribution in [0.1, 0.15) is 12.8 Å². The van der Waals surface area contributed by atoms with Crippen LogP contribution in [-0.4, -0.2) is 53.9 Å². The Kier molecular flexibility index (Phi) is 2.69. The maximum Gasteiger partial charge on any atom is 0.251 e. The van der Waals surface area contributed by atoms with Gasteiger partial charge in [-0.25, -0.2) is 4.39 Å². The summed E-state index contributed by atoms with van der Waals surface area (Å²) in [6.07, 6.45) is -0.829. The van der Waals surface area contributed by atoms with Gasteiger partial charge in [-0.15, -0.1) is 0 Å². The zero-order valence-electron chi connectivity index (χ0n) is 7.95. The summed E-state index contributed by atoms with van der Waals surface area (Å²) < 4.78 is 13.5. The van der Waals surface area contributed by atoms with Gasteiger partial charge in [0.2, 0.25) is 0 Å². The number of aliphatic hydroxyl groups excluding tert-OH is 1. The summed E-state index contributed by atoms with van der Waals surface area (Å²) in [4.78, 5) is 12.9. The van der Waals surface area contributed by atoms with Gasteiger partial charge in [0.25, 0.3) is 5.91 Å². The molecule has 0 radical (unpaired) electrons. The van der Waals surface area contributed by atoms with Gasteiger partial charge in [-0.2, -0.15) is 0 Å². The molecule has 0 bridgehead atoms. The van der Waals surface area contributed by atoms with Crippen LogP contribution in [-0.2, 0) is 4.79 Å². The summed E-state index contributed by atoms with van der Waals surface area (Å²) >= 11 is 0. The zero-order valence-corrected chi connectivity index (χ0v) is 7.95. The lowest BCUT2D eigenvalue weighted by Crippen LogP contribution is -2.52. The molecule has 80 valence electrons. The van der Waals surface area contributed by atoms with Crippen LogP contribution in [0.15, 0.2) is 0 Å². The molecule has 3 atom stereocenters. The normalized spacial score (nSPS) is 39.1. The number of piperidine rings is 1. The Hall–Kier alpha value is -0.680. The second kappa shape index (κ2) is 3.82. The fourth-order valence-corrected chi connectivity index (χ4v) is 2.17. The minimum absolute atomic E-state index is 0.306. The molecule has 1 amide bonds. The minimum atomic E-state index is -1.00. The Bertz CT molecular complexity index is 237. The number of carbonyl (C=O) groups is 1. The summed E-state index contributed by atoms with van der Waals surface area (Å²) in [6, 6.07) is -0.332. The SMILES string of the molecule is O=C1C(O)CCN1[C@@H]1CCNC[C@@H]1F. The Labute approximate surface area is 82.1 Å². The molecule has 14 heavy (non-hydrogen) atoms. The number of aliphatic hydroxyl groups is 1. The van der Waals surface area contributed by atoms with Gasteiger partial charge in [0.05, 0.1) is 6.04 Å². The largest absolute Gasteiger partial charge is 0.383 e. The van der Waals surface area contributed by atoms with Crippen molar-refractivity contribution in [3.05, 3.63) is 0 Å². The third-order valence-corrected chi connectivity index (χ3v) is 2.99. The van der Waals surface area contributed by atoms with Gasteiger partial charge in [0, 0.05) is 13.1 Å². The van der Waals surface area contributed by atoms with E-state index in [9.17, 15) is 14.3 Å². The lowest BCUT2D eigenvalue weighted by atomic mass is 10.0. The number of hydrogen-bond donors (Lipinski definition) is 2. The average molecular weight is 202 g/mol. The van der Waals surface area contributed by atoms with Gasteiger partial charge >= 0.3 is 0 Å². The van der Waals surface area contributed by atoms with Gasteiger partial charge in [-0.05, 0) is 19.4 Å². The van der Waals surface area contributed by atoms with E-state index >= 15 is 0 Å². The number of carbonyl (C=O) groups excluding carboxylic acids is 1. The average Bonchev–Trinajstić information content (AvgIpc) is 2.49. The monoisotopic (exact) mass is 202 g/mol. The highest BCUT2D eigenvalue weighted by atomic mass is 19.1. The van der Waals surface area contributed by atoms with E-state index in [1.807, 2.05) is 0 Å². The molecule has 0 spiro atoms. The van der Waals surface area contributed by atoms with E-state index in [2.05, 4.69) is 5.32 Å². The minimum Gasteiger partial charge on any atom is -0.383 e. The van der Waals surface area contributed by atoms with Crippen molar-refractivity contribution >= 4 is 5.91 Å². The molecule has 0 aromatic rings. The standard InChI is InChI=1S/C9H15FN2O2/c10-6-5-11-3-1-7(6)12-4-2-8(13)9(12)14/h6-8,11,13H,1-5H2/t6-,7+,8?/m0/s1. The predicted octanol–water partition coefficient (Wildman–Crippen LogP) is -0.720. The molecule has 5 heteroatoms. The highest BCUT2D eigenvalue weighted by molar-refractivity contribution is 5.83. The first-order chi connectivity index (χ1) is 6.70. The molecule has 2 N–H and O–H groups in total. The lowest BCUT2D eigenvalue weighted by Gasteiger charge is -2.34. The first-order valence-corrected chi connectivity index (χ1v) is 5.03. The first kappa shape index (κ1) is 9.86. The van der Waals surface area contributed by atoms with E-state index in [-0.39, 0.29) is 11.9 Å². The van der Waals surface area contributed by atoms with Gasteiger partial charge < -0.3 is 15.3 Å². The van der Waals surface area contributed by atoms with Gasteiger partial charge in [-0.3, -0.25) is 4.79 Å². The van der Waals surface area contributed by atoms with Crippen molar-refractivity contribution in [2.75, 3.05) is 19.6 Å². The van der Waals surface area contributed by atoms with Crippen LogP contribution in [0.5, 0.6) is 0 Å². The summed E-state index contributed by atoms with van der Waals surface area (Å²) in [7, 11) is 0. The summed E-state index contributed by atoms with van der Waals surface area (Å²) in [6.45, 7) is 1.54. The Balaban J connectivity index is 2.03. The molecule has 2 aliphatic heterocycles. The van der Waals surface area contributed by atoms with Crippen LogP contribution in [0, 0.1) is 0 Å². The summed E-state index contributed by atoms with van der Waals surface area (Å²) in [5, 5.41) is 12.2. The van der Waals surface area contributed by atoms with Crippen molar-refractivity contribution in [2.24, 2.45) is 0 Å². The molecule has 0 aromatic carbocycles. The number of hydrogen-bond acceptors (Lipinski definition) is 3. The molecule has 2 fully saturated rings. The number of nitrogens with zero attached hydrogens (tertiary/aromatic N) is 1. The fraction of sp³-hybridized carbons (Fsp3) is 0.889. The van der Waals surface area contributed by atoms with E-state index in [0.29, 0.717) is 25.9 Å². The van der Waals surface area contributed by atoms with E-state index in [0.717, 1.165) is 6.54 Å². The maximum atomic E-state index is 13.5. The second-order valence-electron chi connectivity index (χ2n) is 3.91. The quantitative estimate of drug-likeness (QED) is 0.590. The van der Waals surface area contributed by atoms with Crippen molar-refractivity contribution in [3.63, 3.8) is 0 Å². The highest BCUT2D eigenvalue weighted by Crippen LogP contribution is 2.21. The van der Waals surface area contributed by atoms with Crippen molar-refractivity contribution < 1.29 is 14.3 Å². The third-order valence-electron chi connectivity index (χ3n) is 2.99. The molecule has 2 rings (SSSR count). The smallest absolute Gasteiger partial charge is 0.251 e. The number of alkyl halides is 1. The van der Waals surface area contributed by atoms with Crippen molar-refractivity contribution in [1.82, 2.24) is 10.2 Å². The molecular formula is C9H15FN2O2. The number of rotatable bonds is 1. The highest BCUT2D eigenvalue weighted by Gasteiger charge is 2.39. The molecule has 2 heterocycles. The van der Waals surface area contributed by atoms with Gasteiger partial charge in [-0.1, -0.05) is 0 Å². The lowest BCUT2D eigenvalue weighted by molar-refractivity contribution is -0.138. The second-order valence-corrected chi connectivity index (χ2v) is 3.91. The van der Waals surface area contributed by atoms with Crippen LogP contribution < -0.4 is 5.32 Å². The van der Waals surface area contributed by atoms with E-state index in [4.69, 9.17) is 0 Å². The molecule has 4 nitrogen and oxygen atoms in total. The third kappa shape index (κ3) is 1.62. The fourth-order valence-electron chi connectivity index (χ4n) is 2.17.